The number of fused-ring (bicyclic) bond motifs is 1. The number of carbonyl (C=O) groups is 2. The minimum Gasteiger partial charge on any atom is -0.497 e. The molecule has 0 radical (unpaired) electrons. The monoisotopic (exact) mass is 983 g/mol. The van der Waals surface area contributed by atoms with Gasteiger partial charge in [-0.2, -0.15) is 0 Å². The topological polar surface area (TPSA) is 145 Å². The number of hydrogen-bond donors (Lipinski definition) is 2. The number of methoxy groups -OCH3 is 3. The van der Waals surface area contributed by atoms with Crippen molar-refractivity contribution in [2.75, 3.05) is 34.7 Å². The molecule has 5 aromatic carbocycles. The van der Waals surface area contributed by atoms with Crippen molar-refractivity contribution in [1.29, 1.82) is 0 Å². The zero-order chi connectivity index (χ0) is 49.6. The lowest BCUT2D eigenvalue weighted by Crippen LogP contribution is -2.27. The quantitative estimate of drug-likeness (QED) is 0.0750. The van der Waals surface area contributed by atoms with Crippen LogP contribution < -0.4 is 29.0 Å². The van der Waals surface area contributed by atoms with Gasteiger partial charge in [-0.15, -0.1) is 22.7 Å². The van der Waals surface area contributed by atoms with Crippen molar-refractivity contribution in [3.8, 4) is 28.7 Å². The molecule has 0 saturated heterocycles. The van der Waals surface area contributed by atoms with E-state index in [-0.39, 0.29) is 29.9 Å². The summed E-state index contributed by atoms with van der Waals surface area (Å²) in [5.41, 5.74) is 7.64. The van der Waals surface area contributed by atoms with Gasteiger partial charge < -0.3 is 34.1 Å². The Balaban J connectivity index is 0.000000208. The fourth-order valence-corrected chi connectivity index (χ4v) is 9.43. The van der Waals surface area contributed by atoms with Crippen molar-refractivity contribution < 1.29 is 38.4 Å². The van der Waals surface area contributed by atoms with E-state index >= 15 is 0 Å². The van der Waals surface area contributed by atoms with E-state index in [1.807, 2.05) is 85.1 Å². The number of carbonyl (C=O) groups excluding carboxylic acids is 1. The van der Waals surface area contributed by atoms with E-state index in [0.717, 1.165) is 69.0 Å². The predicted molar refractivity (Wildman–Crippen MR) is 275 cm³/mol. The van der Waals surface area contributed by atoms with Gasteiger partial charge in [0, 0.05) is 36.9 Å². The molecule has 13 nitrogen and oxygen atoms in total. The number of ether oxygens (including phenoxy) is 5. The highest BCUT2D eigenvalue weighted by Gasteiger charge is 2.20. The lowest BCUT2D eigenvalue weighted by Gasteiger charge is -2.23. The number of nitrogens with zero attached hydrogens (tertiary/aromatic N) is 4. The smallest absolute Gasteiger partial charge is 0.355 e. The van der Waals surface area contributed by atoms with Crippen LogP contribution in [-0.2, 0) is 44.6 Å². The van der Waals surface area contributed by atoms with Gasteiger partial charge in [0.2, 0.25) is 6.79 Å². The number of hydrogen-bond acceptors (Lipinski definition) is 13. The van der Waals surface area contributed by atoms with Crippen LogP contribution in [0.15, 0.2) is 126 Å². The molecular weight excluding hydrogens is 923 g/mol. The maximum Gasteiger partial charge on any atom is 0.355 e. The van der Waals surface area contributed by atoms with Gasteiger partial charge in [-0.1, -0.05) is 99.6 Å². The third-order valence-electron chi connectivity index (χ3n) is 11.7. The molecule has 0 bridgehead atoms. The first-order chi connectivity index (χ1) is 33.8. The number of carboxylic acid groups (broad SMARTS) is 1. The van der Waals surface area contributed by atoms with E-state index < -0.39 is 5.97 Å². The third kappa shape index (κ3) is 14.4. The van der Waals surface area contributed by atoms with Crippen LogP contribution >= 0.6 is 22.7 Å². The number of aromatic carboxylic acids is 1. The van der Waals surface area contributed by atoms with Crippen LogP contribution in [0.4, 0.5) is 0 Å². The average Bonchev–Trinajstić information content (AvgIpc) is 4.16. The van der Waals surface area contributed by atoms with Gasteiger partial charge in [0.1, 0.15) is 21.5 Å². The molecule has 15 heteroatoms. The first-order valence-corrected chi connectivity index (χ1v) is 24.8. The fourth-order valence-electron chi connectivity index (χ4n) is 7.81. The van der Waals surface area contributed by atoms with Crippen LogP contribution in [0.25, 0.3) is 0 Å². The summed E-state index contributed by atoms with van der Waals surface area (Å²) in [5.74, 6) is 2.62. The molecule has 3 heterocycles. The molecule has 0 spiro atoms. The number of carboxylic acids is 1. The van der Waals surface area contributed by atoms with E-state index in [1.165, 1.54) is 33.8 Å². The minimum atomic E-state index is -0.993. The molecule has 8 rings (SSSR count). The lowest BCUT2D eigenvalue weighted by atomic mass is 9.87. The van der Waals surface area contributed by atoms with Crippen molar-refractivity contribution >= 4 is 34.6 Å². The van der Waals surface area contributed by atoms with Gasteiger partial charge in [0.05, 0.1) is 40.5 Å². The first kappa shape index (κ1) is 51.1. The van der Waals surface area contributed by atoms with Crippen LogP contribution in [0.3, 0.4) is 0 Å². The largest absolute Gasteiger partial charge is 0.497 e. The number of amides is 1. The highest BCUT2D eigenvalue weighted by Crippen LogP contribution is 2.34. The van der Waals surface area contributed by atoms with Crippen LogP contribution in [0, 0.1) is 0 Å². The predicted octanol–water partition coefficient (Wildman–Crippen LogP) is 11.0. The highest BCUT2D eigenvalue weighted by atomic mass is 32.1. The summed E-state index contributed by atoms with van der Waals surface area (Å²) < 4.78 is 27.1. The maximum atomic E-state index is 12.9. The zero-order valence-electron chi connectivity index (χ0n) is 40.8. The Kier molecular flexibility index (Phi) is 17.6. The number of aromatic nitrogens is 2. The van der Waals surface area contributed by atoms with Crippen molar-refractivity contribution in [3.05, 3.63) is 181 Å². The molecule has 0 fully saturated rings. The van der Waals surface area contributed by atoms with E-state index in [4.69, 9.17) is 23.7 Å². The van der Waals surface area contributed by atoms with Gasteiger partial charge in [-0.05, 0) is 88.5 Å². The Morgan fingerprint density at radius 2 is 1.26 bits per heavy atom. The Bertz CT molecular complexity index is 2790. The Labute approximate surface area is 418 Å². The third-order valence-corrected chi connectivity index (χ3v) is 13.4. The number of benzene rings is 5. The first-order valence-electron chi connectivity index (χ1n) is 23.0. The van der Waals surface area contributed by atoms with Gasteiger partial charge in [0.15, 0.2) is 28.7 Å². The summed E-state index contributed by atoms with van der Waals surface area (Å²) in [4.78, 5) is 37.6. The molecule has 70 heavy (non-hydrogen) atoms. The average molecular weight is 984 g/mol. The van der Waals surface area contributed by atoms with Crippen LogP contribution in [0.1, 0.15) is 98.1 Å². The molecule has 2 N–H and O–H groups in total. The fraction of sp³-hybridized carbons (Fsp3) is 0.309. The summed E-state index contributed by atoms with van der Waals surface area (Å²) in [6, 6.07) is 38.6. The van der Waals surface area contributed by atoms with Crippen molar-refractivity contribution in [2.24, 2.45) is 0 Å². The van der Waals surface area contributed by atoms with E-state index in [9.17, 15) is 14.7 Å². The molecule has 7 aromatic rings. The van der Waals surface area contributed by atoms with Gasteiger partial charge in [-0.25, -0.2) is 14.8 Å². The second kappa shape index (κ2) is 24.2. The van der Waals surface area contributed by atoms with Gasteiger partial charge in [-0.3, -0.25) is 14.6 Å². The molecule has 0 aliphatic carbocycles. The highest BCUT2D eigenvalue weighted by molar-refractivity contribution is 7.10. The van der Waals surface area contributed by atoms with Gasteiger partial charge >= 0.3 is 5.97 Å². The molecule has 1 aliphatic rings. The minimum absolute atomic E-state index is 0.101. The number of thiazole rings is 2. The van der Waals surface area contributed by atoms with Crippen molar-refractivity contribution in [3.63, 3.8) is 0 Å². The molecule has 366 valence electrons. The van der Waals surface area contributed by atoms with E-state index in [0.29, 0.717) is 43.4 Å². The molecular formula is C55H61N5O8S2. The lowest BCUT2D eigenvalue weighted by molar-refractivity contribution is 0.0690. The Hall–Kier alpha value is -6.78. The number of nitrogens with one attached hydrogen (secondary N) is 1. The maximum absolute atomic E-state index is 12.9. The molecule has 1 aliphatic heterocycles. The molecule has 2 aromatic heterocycles. The molecule has 0 saturated carbocycles. The standard InChI is InChI=1S/C29H29N3O4S.C26H32N2O4S/c1-20(23-6-4-3-5-7-23)30-29(33)25-18-37-28(31-25)17-32(15-21-8-11-24(34-2)12-9-21)16-22-10-13-26-27(14-22)36-19-35-26;1-26(2,3)20-9-6-19(7-10-20)15-28(16-24-27-21(17-33-24)25(29)30)13-12-18-8-11-22(31-4)23(14-18)32-5/h3-14,18,20H,15-17,19H2,1-2H3,(H,30,33);6-11,14,17H,12-13,15-16H2,1-5H3,(H,29,30). The second-order valence-corrected chi connectivity index (χ2v) is 19.8. The van der Waals surface area contributed by atoms with Crippen LogP contribution in [0.2, 0.25) is 0 Å². The Morgan fingerprint density at radius 1 is 0.671 bits per heavy atom. The summed E-state index contributed by atoms with van der Waals surface area (Å²) in [5, 5.41) is 17.4. The van der Waals surface area contributed by atoms with Crippen molar-refractivity contribution in [1.82, 2.24) is 25.1 Å². The molecule has 1 atom stereocenters. The Morgan fingerprint density at radius 3 is 1.90 bits per heavy atom. The number of rotatable bonds is 20. The molecule has 1 unspecified atom stereocenters. The summed E-state index contributed by atoms with van der Waals surface area (Å²) in [7, 11) is 4.93. The second-order valence-electron chi connectivity index (χ2n) is 17.9. The van der Waals surface area contributed by atoms with Crippen LogP contribution in [-0.4, -0.2) is 71.4 Å². The SMILES string of the molecule is COc1ccc(CCN(Cc2ccc(C(C)(C)C)cc2)Cc2nc(C(=O)O)cs2)cc1OC.COc1ccc(CN(Cc2ccc3c(c2)OCO3)Cc2nc(C(=O)NC(C)c3ccccc3)cs2)cc1. The van der Waals surface area contributed by atoms with E-state index in [2.05, 4.69) is 88.3 Å². The zero-order valence-corrected chi connectivity index (χ0v) is 42.4. The van der Waals surface area contributed by atoms with Crippen molar-refractivity contribution in [2.45, 2.75) is 78.3 Å². The normalized spacial score (nSPS) is 12.3. The molecule has 1 amide bonds. The van der Waals surface area contributed by atoms with Crippen LogP contribution in [0.5, 0.6) is 28.7 Å². The van der Waals surface area contributed by atoms with Gasteiger partial charge in [0.25, 0.3) is 5.91 Å². The van der Waals surface area contributed by atoms with E-state index in [1.54, 1.807) is 26.7 Å². The summed E-state index contributed by atoms with van der Waals surface area (Å²) in [6.07, 6.45) is 0.817. The summed E-state index contributed by atoms with van der Waals surface area (Å²) >= 11 is 2.88. The summed E-state index contributed by atoms with van der Waals surface area (Å²) in [6.45, 7) is 13.0.